The quantitative estimate of drug-likeness (QED) is 0.538. The summed E-state index contributed by atoms with van der Waals surface area (Å²) < 4.78 is 15.7. The molecule has 0 unspecified atom stereocenters. The molecule has 0 aliphatic carbocycles. The van der Waals surface area contributed by atoms with Crippen LogP contribution in [0.4, 0.5) is 5.69 Å². The van der Waals surface area contributed by atoms with Crippen LogP contribution in [-0.2, 0) is 14.3 Å². The molecule has 7 heteroatoms. The fourth-order valence-electron chi connectivity index (χ4n) is 2.19. The van der Waals surface area contributed by atoms with Gasteiger partial charge in [0.15, 0.2) is 30.5 Å². The third-order valence-electron chi connectivity index (χ3n) is 3.39. The highest BCUT2D eigenvalue weighted by atomic mass is 16.6. The number of hydrogen-bond acceptors (Lipinski definition) is 6. The van der Waals surface area contributed by atoms with Crippen molar-refractivity contribution in [3.8, 4) is 11.5 Å². The lowest BCUT2D eigenvalue weighted by atomic mass is 10.1. The number of rotatable bonds is 9. The highest BCUT2D eigenvalue weighted by Gasteiger charge is 2.12. The predicted octanol–water partition coefficient (Wildman–Crippen LogP) is 2.85. The average molecular weight is 371 g/mol. The maximum atomic E-state index is 12.1. The van der Waals surface area contributed by atoms with Gasteiger partial charge in [-0.15, -0.1) is 0 Å². The van der Waals surface area contributed by atoms with Crippen molar-refractivity contribution in [3.63, 3.8) is 0 Å². The van der Waals surface area contributed by atoms with Gasteiger partial charge in [-0.2, -0.15) is 0 Å². The third kappa shape index (κ3) is 6.47. The fraction of sp³-hybridized carbons (Fsp3) is 0.250. The molecule has 0 atom stereocenters. The Morgan fingerprint density at radius 1 is 0.889 bits per heavy atom. The van der Waals surface area contributed by atoms with Crippen molar-refractivity contribution in [1.29, 1.82) is 0 Å². The summed E-state index contributed by atoms with van der Waals surface area (Å²) in [6.45, 7) is 2.99. The Bertz CT molecular complexity index is 800. The second kappa shape index (κ2) is 9.96. The van der Waals surface area contributed by atoms with Crippen LogP contribution in [0.3, 0.4) is 0 Å². The van der Waals surface area contributed by atoms with Crippen molar-refractivity contribution in [2.24, 2.45) is 0 Å². The molecule has 0 heterocycles. The van der Waals surface area contributed by atoms with E-state index >= 15 is 0 Å². The largest absolute Gasteiger partial charge is 0.490 e. The molecule has 0 saturated carbocycles. The van der Waals surface area contributed by atoms with E-state index in [1.54, 1.807) is 48.5 Å². The van der Waals surface area contributed by atoms with E-state index in [9.17, 15) is 14.4 Å². The van der Waals surface area contributed by atoms with Crippen LogP contribution in [0.5, 0.6) is 11.5 Å². The smallest absolute Gasteiger partial charge is 0.344 e. The molecule has 0 spiro atoms. The molecule has 7 nitrogen and oxygen atoms in total. The van der Waals surface area contributed by atoms with E-state index in [1.807, 2.05) is 6.92 Å². The monoisotopic (exact) mass is 371 g/mol. The van der Waals surface area contributed by atoms with Crippen molar-refractivity contribution in [2.75, 3.05) is 25.1 Å². The molecule has 2 rings (SSSR count). The molecule has 0 aliphatic rings. The van der Waals surface area contributed by atoms with E-state index in [0.717, 1.165) is 0 Å². The molecule has 2 aromatic rings. The lowest BCUT2D eigenvalue weighted by Gasteiger charge is -2.11. The van der Waals surface area contributed by atoms with Crippen LogP contribution in [0.1, 0.15) is 24.2 Å². The number of benzene rings is 2. The van der Waals surface area contributed by atoms with Crippen molar-refractivity contribution in [1.82, 2.24) is 0 Å². The van der Waals surface area contributed by atoms with Gasteiger partial charge in [-0.05, 0) is 43.3 Å². The molecule has 1 N–H and O–H groups in total. The van der Waals surface area contributed by atoms with Gasteiger partial charge in [0, 0.05) is 18.2 Å². The first-order valence-electron chi connectivity index (χ1n) is 8.40. The molecule has 27 heavy (non-hydrogen) atoms. The van der Waals surface area contributed by atoms with Crippen LogP contribution in [0.15, 0.2) is 48.5 Å². The highest BCUT2D eigenvalue weighted by Crippen LogP contribution is 2.26. The van der Waals surface area contributed by atoms with Gasteiger partial charge in [-0.3, -0.25) is 9.59 Å². The molecule has 0 aliphatic heterocycles. The summed E-state index contributed by atoms with van der Waals surface area (Å²) in [5.74, 6) is -0.259. The molecule has 0 aromatic heterocycles. The summed E-state index contributed by atoms with van der Waals surface area (Å²) >= 11 is 0. The second-order valence-corrected chi connectivity index (χ2v) is 5.51. The van der Waals surface area contributed by atoms with E-state index in [2.05, 4.69) is 5.32 Å². The number of Topliss-reactive ketones (excluding diaryl/α,β-unsaturated/α-hetero) is 1. The van der Waals surface area contributed by atoms with Gasteiger partial charge in [-0.25, -0.2) is 4.79 Å². The second-order valence-electron chi connectivity index (χ2n) is 5.51. The lowest BCUT2D eigenvalue weighted by molar-refractivity contribution is -0.144. The average Bonchev–Trinajstić information content (AvgIpc) is 2.66. The van der Waals surface area contributed by atoms with Crippen molar-refractivity contribution < 1.29 is 28.6 Å². The summed E-state index contributed by atoms with van der Waals surface area (Å²) in [5.41, 5.74) is 0.955. The number of amides is 1. The maximum absolute atomic E-state index is 12.1. The van der Waals surface area contributed by atoms with E-state index in [-0.39, 0.29) is 18.3 Å². The minimum atomic E-state index is -0.662. The summed E-state index contributed by atoms with van der Waals surface area (Å²) in [4.78, 5) is 34.9. The zero-order valence-corrected chi connectivity index (χ0v) is 15.2. The molecule has 2 aromatic carbocycles. The highest BCUT2D eigenvalue weighted by molar-refractivity contribution is 5.98. The maximum Gasteiger partial charge on any atom is 0.344 e. The summed E-state index contributed by atoms with van der Waals surface area (Å²) in [5, 5.41) is 2.60. The Balaban J connectivity index is 1.81. The first kappa shape index (κ1) is 20.0. The molecule has 0 saturated heterocycles. The first-order valence-corrected chi connectivity index (χ1v) is 8.40. The van der Waals surface area contributed by atoms with E-state index in [4.69, 9.17) is 14.2 Å². The van der Waals surface area contributed by atoms with Crippen LogP contribution < -0.4 is 14.8 Å². The summed E-state index contributed by atoms with van der Waals surface area (Å²) in [6, 6.07) is 13.3. The van der Waals surface area contributed by atoms with Gasteiger partial charge in [0.2, 0.25) is 5.91 Å². The number of carbonyl (C=O) groups is 3. The molecule has 0 fully saturated rings. The van der Waals surface area contributed by atoms with Crippen molar-refractivity contribution in [3.05, 3.63) is 54.1 Å². The zero-order valence-electron chi connectivity index (χ0n) is 15.2. The van der Waals surface area contributed by atoms with Crippen molar-refractivity contribution >= 4 is 23.3 Å². The number of para-hydroxylation sites is 2. The van der Waals surface area contributed by atoms with Crippen LogP contribution >= 0.6 is 0 Å². The van der Waals surface area contributed by atoms with Crippen LogP contribution in [-0.4, -0.2) is 37.5 Å². The Morgan fingerprint density at radius 3 is 2.11 bits per heavy atom. The Labute approximate surface area is 157 Å². The van der Waals surface area contributed by atoms with Gasteiger partial charge < -0.3 is 19.5 Å². The minimum absolute atomic E-state index is 0.200. The third-order valence-corrected chi connectivity index (χ3v) is 3.39. The molecule has 1 amide bonds. The molecular formula is C20H21NO6. The molecule has 142 valence electrons. The first-order chi connectivity index (χ1) is 13.0. The standard InChI is InChI=1S/C20H21NO6/c1-3-25-18-6-4-5-7-19(18)26-13-20(24)27-12-17(23)15-8-10-16(11-9-15)21-14(2)22/h4-11H,3,12-13H2,1-2H3,(H,21,22). The number of esters is 1. The van der Waals surface area contributed by atoms with Gasteiger partial charge in [0.05, 0.1) is 6.61 Å². The van der Waals surface area contributed by atoms with Gasteiger partial charge in [0.1, 0.15) is 0 Å². The van der Waals surface area contributed by atoms with Gasteiger partial charge in [0.25, 0.3) is 0 Å². The van der Waals surface area contributed by atoms with Gasteiger partial charge in [-0.1, -0.05) is 12.1 Å². The zero-order chi connectivity index (χ0) is 19.6. The number of carbonyl (C=O) groups excluding carboxylic acids is 3. The number of ketones is 1. The number of nitrogens with one attached hydrogen (secondary N) is 1. The number of hydrogen-bond donors (Lipinski definition) is 1. The SMILES string of the molecule is CCOc1ccccc1OCC(=O)OCC(=O)c1ccc(NC(C)=O)cc1. The molecule has 0 bridgehead atoms. The van der Waals surface area contributed by atoms with Gasteiger partial charge >= 0.3 is 5.97 Å². The Kier molecular flexibility index (Phi) is 7.37. The number of ether oxygens (including phenoxy) is 3. The topological polar surface area (TPSA) is 90.9 Å². The molecule has 0 radical (unpaired) electrons. The van der Waals surface area contributed by atoms with Crippen LogP contribution in [0.25, 0.3) is 0 Å². The van der Waals surface area contributed by atoms with Crippen LogP contribution in [0, 0.1) is 0 Å². The fourth-order valence-corrected chi connectivity index (χ4v) is 2.19. The van der Waals surface area contributed by atoms with Crippen LogP contribution in [0.2, 0.25) is 0 Å². The Morgan fingerprint density at radius 2 is 1.52 bits per heavy atom. The summed E-state index contributed by atoms with van der Waals surface area (Å²) in [6.07, 6.45) is 0. The lowest BCUT2D eigenvalue weighted by Crippen LogP contribution is -2.19. The normalized spacial score (nSPS) is 10.0. The van der Waals surface area contributed by atoms with Crippen molar-refractivity contribution in [2.45, 2.75) is 13.8 Å². The van der Waals surface area contributed by atoms with E-state index in [1.165, 1.54) is 6.92 Å². The van der Waals surface area contributed by atoms with E-state index < -0.39 is 12.6 Å². The predicted molar refractivity (Wildman–Crippen MR) is 99.1 cm³/mol. The minimum Gasteiger partial charge on any atom is -0.490 e. The molecular weight excluding hydrogens is 350 g/mol. The number of anilines is 1. The Hall–Kier alpha value is -3.35. The van der Waals surface area contributed by atoms with E-state index in [0.29, 0.717) is 29.4 Å². The summed E-state index contributed by atoms with van der Waals surface area (Å²) in [7, 11) is 0.